The van der Waals surface area contributed by atoms with Crippen LogP contribution in [0.3, 0.4) is 0 Å². The minimum absolute atomic E-state index is 0.781. The molecule has 2 aliphatic carbocycles. The molecule has 0 spiro atoms. The van der Waals surface area contributed by atoms with Gasteiger partial charge in [-0.1, -0.05) is 100 Å². The minimum atomic E-state index is 0.781. The zero-order valence-corrected chi connectivity index (χ0v) is 21.9. The van der Waals surface area contributed by atoms with E-state index in [9.17, 15) is 0 Å². The van der Waals surface area contributed by atoms with Crippen LogP contribution in [0.25, 0.3) is 0 Å². The molecule has 2 heteroatoms. The molecule has 0 N–H and O–H groups in total. The van der Waals surface area contributed by atoms with Crippen molar-refractivity contribution in [2.24, 2.45) is 47.3 Å². The number of hydrogen-bond acceptors (Lipinski definition) is 2. The van der Waals surface area contributed by atoms with Crippen LogP contribution in [0.4, 0.5) is 0 Å². The lowest BCUT2D eigenvalue weighted by Crippen LogP contribution is -2.22. The van der Waals surface area contributed by atoms with Crippen LogP contribution in [0.15, 0.2) is 0 Å². The van der Waals surface area contributed by atoms with E-state index in [-0.39, 0.29) is 0 Å². The van der Waals surface area contributed by atoms with Crippen LogP contribution < -0.4 is 0 Å². The lowest BCUT2D eigenvalue weighted by atomic mass is 9.82. The highest BCUT2D eigenvalue weighted by Crippen LogP contribution is 2.30. The zero-order chi connectivity index (χ0) is 22.5. The Kier molecular flexibility index (Phi) is 14.6. The fourth-order valence-electron chi connectivity index (χ4n) is 4.59. The third kappa shape index (κ3) is 11.5. The van der Waals surface area contributed by atoms with Gasteiger partial charge >= 0.3 is 0 Å². The van der Waals surface area contributed by atoms with E-state index in [0.29, 0.717) is 0 Å². The molecule has 2 saturated heterocycles. The molecule has 180 valence electrons. The van der Waals surface area contributed by atoms with Crippen molar-refractivity contribution in [1.82, 2.24) is 0 Å². The fourth-order valence-corrected chi connectivity index (χ4v) is 4.59. The van der Waals surface area contributed by atoms with Gasteiger partial charge in [0.1, 0.15) is 0 Å². The topological polar surface area (TPSA) is 18.5 Å². The second-order valence-electron chi connectivity index (χ2n) is 11.4. The second-order valence-corrected chi connectivity index (χ2v) is 11.4. The van der Waals surface area contributed by atoms with Gasteiger partial charge in [0.2, 0.25) is 0 Å². The molecule has 4 fully saturated rings. The Morgan fingerprint density at radius 1 is 0.367 bits per heavy atom. The Bertz CT molecular complexity index is 335. The summed E-state index contributed by atoms with van der Waals surface area (Å²) in [6.45, 7) is 22.4. The van der Waals surface area contributed by atoms with Crippen LogP contribution in [0.2, 0.25) is 0 Å². The van der Waals surface area contributed by atoms with Crippen molar-refractivity contribution in [1.29, 1.82) is 0 Å². The van der Waals surface area contributed by atoms with Gasteiger partial charge in [-0.05, 0) is 53.8 Å². The predicted molar refractivity (Wildman–Crippen MR) is 132 cm³/mol. The summed E-state index contributed by atoms with van der Waals surface area (Å²) in [5.41, 5.74) is 0. The smallest absolute Gasteiger partial charge is 0.0495 e. The Labute approximate surface area is 190 Å². The third-order valence-corrected chi connectivity index (χ3v) is 8.63. The van der Waals surface area contributed by atoms with Gasteiger partial charge in [-0.3, -0.25) is 0 Å². The number of hydrogen-bond donors (Lipinski definition) is 0. The molecule has 2 saturated carbocycles. The van der Waals surface area contributed by atoms with E-state index >= 15 is 0 Å². The summed E-state index contributed by atoms with van der Waals surface area (Å²) >= 11 is 0. The molecular formula is C28H56O2. The fraction of sp³-hybridized carbons (Fsp3) is 1.00. The van der Waals surface area contributed by atoms with Gasteiger partial charge in [-0.2, -0.15) is 0 Å². The Morgan fingerprint density at radius 2 is 0.700 bits per heavy atom. The summed E-state index contributed by atoms with van der Waals surface area (Å²) in [5.74, 6) is 7.28. The quantitative estimate of drug-likeness (QED) is 0.390. The minimum Gasteiger partial charge on any atom is -0.381 e. The average molecular weight is 425 g/mol. The highest BCUT2D eigenvalue weighted by atomic mass is 16.5. The van der Waals surface area contributed by atoms with Crippen LogP contribution in [-0.2, 0) is 9.47 Å². The summed E-state index contributed by atoms with van der Waals surface area (Å²) in [6, 6.07) is 0. The second kappa shape index (κ2) is 15.7. The van der Waals surface area contributed by atoms with Gasteiger partial charge in [0.25, 0.3) is 0 Å². The monoisotopic (exact) mass is 424 g/mol. The average Bonchev–Trinajstić information content (AvgIpc) is 3.29. The van der Waals surface area contributed by atoms with E-state index in [1.54, 1.807) is 0 Å². The predicted octanol–water partition coefficient (Wildman–Crippen LogP) is 8.24. The lowest BCUT2D eigenvalue weighted by Gasteiger charge is -2.24. The molecule has 8 atom stereocenters. The molecule has 2 nitrogen and oxygen atoms in total. The zero-order valence-electron chi connectivity index (χ0n) is 21.9. The highest BCUT2D eigenvalue weighted by molar-refractivity contribution is 4.69. The molecule has 0 bridgehead atoms. The summed E-state index contributed by atoms with van der Waals surface area (Å²) in [4.78, 5) is 0. The van der Waals surface area contributed by atoms with Crippen LogP contribution in [0.5, 0.6) is 0 Å². The molecule has 30 heavy (non-hydrogen) atoms. The van der Waals surface area contributed by atoms with Crippen molar-refractivity contribution < 1.29 is 9.47 Å². The van der Waals surface area contributed by atoms with E-state index in [0.717, 1.165) is 73.8 Å². The number of rotatable bonds is 0. The first-order valence-electron chi connectivity index (χ1n) is 13.4. The van der Waals surface area contributed by atoms with Gasteiger partial charge in [-0.25, -0.2) is 0 Å². The van der Waals surface area contributed by atoms with Crippen LogP contribution in [-0.4, -0.2) is 26.4 Å². The van der Waals surface area contributed by atoms with E-state index in [1.807, 2.05) is 0 Å². The molecule has 0 amide bonds. The van der Waals surface area contributed by atoms with E-state index in [2.05, 4.69) is 55.4 Å². The Morgan fingerprint density at radius 3 is 0.933 bits per heavy atom. The van der Waals surface area contributed by atoms with Crippen LogP contribution >= 0.6 is 0 Å². The van der Waals surface area contributed by atoms with E-state index < -0.39 is 0 Å². The first-order chi connectivity index (χ1) is 14.2. The van der Waals surface area contributed by atoms with Crippen molar-refractivity contribution in [3.05, 3.63) is 0 Å². The lowest BCUT2D eigenvalue weighted by molar-refractivity contribution is 0.0303. The standard InChI is InChI=1S/C8H16.C7H14O.C7H14.C6H12O/c1-7-5-3-4-6-8(7)2;1-6-3-4-8-5-7(6)2;1-6-4-3-5-7(6)2;1-5-3-7-4-6(5)2/h7-8H,3-6H2,1-2H3;6-7H,3-5H2,1-2H3;6-7H,3-5H2,1-2H3;5-6H,3-4H2,1-2H3/t7-,8?;2*6-,7?;5-,6?/m0000/s1. The van der Waals surface area contributed by atoms with Gasteiger partial charge < -0.3 is 9.47 Å². The molecule has 0 aromatic heterocycles. The van der Waals surface area contributed by atoms with Crippen molar-refractivity contribution in [3.8, 4) is 0 Å². The van der Waals surface area contributed by atoms with Crippen molar-refractivity contribution >= 4 is 0 Å². The normalized spacial score (nSPS) is 40.8. The molecular weight excluding hydrogens is 368 g/mol. The molecule has 4 rings (SSSR count). The largest absolute Gasteiger partial charge is 0.381 e. The van der Waals surface area contributed by atoms with Gasteiger partial charge in [0.15, 0.2) is 0 Å². The van der Waals surface area contributed by atoms with Crippen molar-refractivity contribution in [2.45, 2.75) is 107 Å². The molecule has 0 radical (unpaired) electrons. The molecule has 2 aliphatic heterocycles. The maximum absolute atomic E-state index is 5.25. The maximum Gasteiger partial charge on any atom is 0.0495 e. The SMILES string of the molecule is CC1CCCC[C@@H]1C.CC1CCC[C@@H]1C.CC1COCC[C@@H]1C.CC1COC[C@@H]1C. The van der Waals surface area contributed by atoms with Gasteiger partial charge in [0, 0.05) is 26.4 Å². The summed E-state index contributed by atoms with van der Waals surface area (Å²) < 4.78 is 10.4. The molecule has 0 aromatic rings. The molecule has 4 unspecified atom stereocenters. The van der Waals surface area contributed by atoms with Crippen molar-refractivity contribution in [3.63, 3.8) is 0 Å². The van der Waals surface area contributed by atoms with Crippen molar-refractivity contribution in [2.75, 3.05) is 26.4 Å². The summed E-state index contributed by atoms with van der Waals surface area (Å²) in [6.07, 6.45) is 11.6. The first kappa shape index (κ1) is 28.0. The maximum atomic E-state index is 5.25. The molecule has 4 aliphatic rings. The van der Waals surface area contributed by atoms with Crippen LogP contribution in [0.1, 0.15) is 107 Å². The Balaban J connectivity index is 0.000000200. The van der Waals surface area contributed by atoms with Gasteiger partial charge in [-0.15, -0.1) is 0 Å². The van der Waals surface area contributed by atoms with Gasteiger partial charge in [0.05, 0.1) is 0 Å². The number of ether oxygens (including phenoxy) is 2. The summed E-state index contributed by atoms with van der Waals surface area (Å²) in [7, 11) is 0. The highest BCUT2D eigenvalue weighted by Gasteiger charge is 2.19. The summed E-state index contributed by atoms with van der Waals surface area (Å²) in [5, 5.41) is 0. The van der Waals surface area contributed by atoms with E-state index in [4.69, 9.17) is 9.47 Å². The molecule has 2 heterocycles. The first-order valence-corrected chi connectivity index (χ1v) is 13.4. The third-order valence-electron chi connectivity index (χ3n) is 8.63. The Hall–Kier alpha value is -0.0800. The van der Waals surface area contributed by atoms with E-state index in [1.165, 1.54) is 51.4 Å². The van der Waals surface area contributed by atoms with Crippen LogP contribution in [0, 0.1) is 47.3 Å². The molecule has 0 aromatic carbocycles.